The number of esters is 1. The number of nitrogens with zero attached hydrogens (tertiary/aromatic N) is 6. The molecular weight excluding hydrogens is 493 g/mol. The summed E-state index contributed by atoms with van der Waals surface area (Å²) < 4.78 is 19.9. The predicted octanol–water partition coefficient (Wildman–Crippen LogP) is 3.32. The van der Waals surface area contributed by atoms with Crippen LogP contribution in [0.3, 0.4) is 0 Å². The molecule has 1 fully saturated rings. The molecule has 12 nitrogen and oxygen atoms in total. The van der Waals surface area contributed by atoms with Crippen molar-refractivity contribution in [3.8, 4) is 5.69 Å². The molecule has 36 heavy (non-hydrogen) atoms. The maximum Gasteiger partial charge on any atom is 0.328 e. The summed E-state index contributed by atoms with van der Waals surface area (Å²) in [5.41, 5.74) is 0.836. The standard InChI is InChI=1S/C22H18FN7O5S/c1-35-21(32)15-3-2-10-28(15)22-26-18(25-20(31)16-8-9-17(36-16)30(33)34)14-11-24-29(19(14)27-22)13-6-4-12(23)5-7-13/h4-9,11,15H,2-3,10H2,1H3,(H,25,26,27,31)/t15-/m0/s1. The Morgan fingerprint density at radius 2 is 2.00 bits per heavy atom. The van der Waals surface area contributed by atoms with Crippen molar-refractivity contribution in [2.24, 2.45) is 0 Å². The number of nitro groups is 1. The van der Waals surface area contributed by atoms with E-state index in [0.29, 0.717) is 36.1 Å². The lowest BCUT2D eigenvalue weighted by Gasteiger charge is -2.23. The van der Waals surface area contributed by atoms with Gasteiger partial charge in [0.2, 0.25) is 5.95 Å². The van der Waals surface area contributed by atoms with E-state index in [2.05, 4.69) is 20.4 Å². The number of anilines is 2. The lowest BCUT2D eigenvalue weighted by molar-refractivity contribution is -0.380. The maximum absolute atomic E-state index is 13.5. The van der Waals surface area contributed by atoms with Crippen molar-refractivity contribution in [3.63, 3.8) is 0 Å². The Hall–Kier alpha value is -4.46. The molecular formula is C22H18FN7O5S. The number of ether oxygens (including phenoxy) is 1. The molecule has 14 heteroatoms. The summed E-state index contributed by atoms with van der Waals surface area (Å²) in [6, 6.07) is 7.62. The van der Waals surface area contributed by atoms with Crippen molar-refractivity contribution in [2.45, 2.75) is 18.9 Å². The molecule has 0 aliphatic carbocycles. The molecule has 0 radical (unpaired) electrons. The highest BCUT2D eigenvalue weighted by Gasteiger charge is 2.34. The topological polar surface area (TPSA) is 145 Å². The number of rotatable bonds is 6. The van der Waals surface area contributed by atoms with Gasteiger partial charge in [-0.2, -0.15) is 15.1 Å². The van der Waals surface area contributed by atoms with Crippen molar-refractivity contribution in [1.29, 1.82) is 0 Å². The number of methoxy groups -OCH3 is 1. The van der Waals surface area contributed by atoms with Crippen LogP contribution in [0.5, 0.6) is 0 Å². The monoisotopic (exact) mass is 511 g/mol. The van der Waals surface area contributed by atoms with Gasteiger partial charge in [-0.25, -0.2) is 13.9 Å². The van der Waals surface area contributed by atoms with Crippen LogP contribution in [-0.2, 0) is 9.53 Å². The summed E-state index contributed by atoms with van der Waals surface area (Å²) in [4.78, 5) is 46.7. The number of nitrogens with one attached hydrogen (secondary N) is 1. The van der Waals surface area contributed by atoms with E-state index >= 15 is 0 Å². The van der Waals surface area contributed by atoms with Crippen LogP contribution in [0.1, 0.15) is 22.5 Å². The van der Waals surface area contributed by atoms with Crippen LogP contribution in [0, 0.1) is 15.9 Å². The maximum atomic E-state index is 13.5. The Kier molecular flexibility index (Phi) is 6.01. The van der Waals surface area contributed by atoms with E-state index in [9.17, 15) is 24.1 Å². The molecule has 184 valence electrons. The van der Waals surface area contributed by atoms with Gasteiger partial charge >= 0.3 is 11.0 Å². The Morgan fingerprint density at radius 3 is 2.69 bits per heavy atom. The highest BCUT2D eigenvalue weighted by atomic mass is 32.1. The number of hydrogen-bond acceptors (Lipinski definition) is 10. The highest BCUT2D eigenvalue weighted by molar-refractivity contribution is 7.17. The normalized spacial score (nSPS) is 15.3. The van der Waals surface area contributed by atoms with Gasteiger partial charge in [0.15, 0.2) is 5.65 Å². The third-order valence-electron chi connectivity index (χ3n) is 5.70. The smallest absolute Gasteiger partial charge is 0.328 e. The van der Waals surface area contributed by atoms with E-state index in [1.807, 2.05) is 0 Å². The number of halogens is 1. The average Bonchev–Trinajstić information content (AvgIpc) is 3.63. The zero-order valence-corrected chi connectivity index (χ0v) is 19.6. The second-order valence-electron chi connectivity index (χ2n) is 7.87. The van der Waals surface area contributed by atoms with Gasteiger partial charge in [0, 0.05) is 12.6 Å². The van der Waals surface area contributed by atoms with Crippen molar-refractivity contribution in [3.05, 3.63) is 63.4 Å². The third kappa shape index (κ3) is 4.22. The third-order valence-corrected chi connectivity index (χ3v) is 6.73. The molecule has 3 aromatic heterocycles. The van der Waals surface area contributed by atoms with Gasteiger partial charge < -0.3 is 15.0 Å². The minimum Gasteiger partial charge on any atom is -0.467 e. The highest BCUT2D eigenvalue weighted by Crippen LogP contribution is 2.31. The lowest BCUT2D eigenvalue weighted by Crippen LogP contribution is -2.38. The van der Waals surface area contributed by atoms with Crippen LogP contribution in [-0.4, -0.2) is 56.2 Å². The lowest BCUT2D eigenvalue weighted by atomic mass is 10.2. The Balaban J connectivity index is 1.60. The number of fused-ring (bicyclic) bond motifs is 1. The molecule has 5 rings (SSSR count). The first-order chi connectivity index (χ1) is 17.4. The van der Waals surface area contributed by atoms with Gasteiger partial charge in [-0.05, 0) is 43.2 Å². The van der Waals surface area contributed by atoms with Gasteiger partial charge in [0.25, 0.3) is 5.91 Å². The molecule has 4 heterocycles. The van der Waals surface area contributed by atoms with Crippen LogP contribution in [0.4, 0.5) is 21.2 Å². The van der Waals surface area contributed by atoms with Gasteiger partial charge in [0.1, 0.15) is 17.7 Å². The number of aromatic nitrogens is 4. The summed E-state index contributed by atoms with van der Waals surface area (Å²) in [6.45, 7) is 0.487. The second kappa shape index (κ2) is 9.30. The fourth-order valence-corrected chi connectivity index (χ4v) is 4.71. The number of thiophene rings is 1. The molecule has 1 aliphatic rings. The van der Waals surface area contributed by atoms with Gasteiger partial charge in [-0.1, -0.05) is 11.3 Å². The zero-order chi connectivity index (χ0) is 25.4. The number of carbonyl (C=O) groups excluding carboxylic acids is 2. The molecule has 1 saturated heterocycles. The number of carbonyl (C=O) groups is 2. The largest absolute Gasteiger partial charge is 0.467 e. The fraction of sp³-hybridized carbons (Fsp3) is 0.227. The zero-order valence-electron chi connectivity index (χ0n) is 18.8. The van der Waals surface area contributed by atoms with E-state index in [4.69, 9.17) is 4.74 Å². The van der Waals surface area contributed by atoms with Crippen molar-refractivity contribution < 1.29 is 23.6 Å². The average molecular weight is 511 g/mol. The van der Waals surface area contributed by atoms with Gasteiger partial charge in [0.05, 0.1) is 34.2 Å². The van der Waals surface area contributed by atoms with E-state index in [0.717, 1.165) is 11.3 Å². The number of hydrogen-bond donors (Lipinski definition) is 1. The number of amides is 1. The Morgan fingerprint density at radius 1 is 1.22 bits per heavy atom. The Labute approximate surface area is 206 Å². The molecule has 1 N–H and O–H groups in total. The van der Waals surface area contributed by atoms with E-state index in [1.54, 1.807) is 4.90 Å². The van der Waals surface area contributed by atoms with Crippen LogP contribution in [0.25, 0.3) is 16.7 Å². The van der Waals surface area contributed by atoms with E-state index in [-0.39, 0.29) is 21.6 Å². The minimum absolute atomic E-state index is 0.111. The molecule has 1 amide bonds. The first-order valence-corrected chi connectivity index (χ1v) is 11.6. The molecule has 0 saturated carbocycles. The van der Waals surface area contributed by atoms with Crippen LogP contribution in [0.15, 0.2) is 42.6 Å². The van der Waals surface area contributed by atoms with E-state index in [1.165, 1.54) is 54.4 Å². The summed E-state index contributed by atoms with van der Waals surface area (Å²) in [5, 5.41) is 18.3. The SMILES string of the molecule is COC(=O)[C@@H]1CCCN1c1nc(NC(=O)c2ccc([N+](=O)[O-])s2)c2cnn(-c3ccc(F)cc3)c2n1. The predicted molar refractivity (Wildman–Crippen MR) is 128 cm³/mol. The van der Waals surface area contributed by atoms with Gasteiger partial charge in [-0.15, -0.1) is 0 Å². The molecule has 0 bridgehead atoms. The quantitative estimate of drug-likeness (QED) is 0.234. The summed E-state index contributed by atoms with van der Waals surface area (Å²) in [5.74, 6) is -1.16. The molecule has 4 aromatic rings. The minimum atomic E-state index is -0.599. The first-order valence-electron chi connectivity index (χ1n) is 10.8. The summed E-state index contributed by atoms with van der Waals surface area (Å²) >= 11 is 0.731. The fourth-order valence-electron chi connectivity index (χ4n) is 4.00. The van der Waals surface area contributed by atoms with Crippen LogP contribution in [0.2, 0.25) is 0 Å². The molecule has 0 unspecified atom stereocenters. The van der Waals surface area contributed by atoms with Crippen molar-refractivity contribution in [1.82, 2.24) is 19.7 Å². The van der Waals surface area contributed by atoms with Crippen molar-refractivity contribution >= 4 is 51.0 Å². The van der Waals surface area contributed by atoms with Gasteiger partial charge in [-0.3, -0.25) is 14.9 Å². The van der Waals surface area contributed by atoms with E-state index < -0.39 is 28.7 Å². The second-order valence-corrected chi connectivity index (χ2v) is 8.93. The van der Waals surface area contributed by atoms with Crippen molar-refractivity contribution in [2.75, 3.05) is 23.9 Å². The summed E-state index contributed by atoms with van der Waals surface area (Å²) in [7, 11) is 1.30. The number of benzene rings is 1. The van der Waals surface area contributed by atoms with Crippen LogP contribution >= 0.6 is 11.3 Å². The molecule has 0 spiro atoms. The summed E-state index contributed by atoms with van der Waals surface area (Å²) in [6.07, 6.45) is 2.71. The molecule has 1 aromatic carbocycles. The Bertz CT molecular complexity index is 1490. The molecule has 1 aliphatic heterocycles. The first kappa shape index (κ1) is 23.3. The van der Waals surface area contributed by atoms with Crippen LogP contribution < -0.4 is 10.2 Å². The molecule has 1 atom stereocenters.